The molecule has 1 aromatic heterocycles. The fraction of sp³-hybridized carbons (Fsp3) is 0.375. The Balaban J connectivity index is 2.04. The second kappa shape index (κ2) is 7.59. The molecule has 0 aliphatic heterocycles. The van der Waals surface area contributed by atoms with Gasteiger partial charge in [-0.25, -0.2) is 9.97 Å². The van der Waals surface area contributed by atoms with Gasteiger partial charge in [-0.2, -0.15) is 0 Å². The van der Waals surface area contributed by atoms with E-state index in [2.05, 4.69) is 39.7 Å². The quantitative estimate of drug-likeness (QED) is 0.765. The third-order valence-electron chi connectivity index (χ3n) is 2.96. The van der Waals surface area contributed by atoms with Crippen molar-refractivity contribution in [2.45, 2.75) is 20.3 Å². The molecule has 0 fully saturated rings. The summed E-state index contributed by atoms with van der Waals surface area (Å²) in [6, 6.07) is 10.1. The minimum atomic E-state index is 0.738. The van der Waals surface area contributed by atoms with Crippen molar-refractivity contribution < 1.29 is 4.74 Å². The fourth-order valence-corrected chi connectivity index (χ4v) is 2.03. The zero-order valence-corrected chi connectivity index (χ0v) is 12.8. The van der Waals surface area contributed by atoms with Crippen LogP contribution in [0.2, 0.25) is 0 Å². The molecule has 2 aromatic rings. The fourth-order valence-electron chi connectivity index (χ4n) is 2.03. The Morgan fingerprint density at radius 1 is 1.10 bits per heavy atom. The second-order valence-electron chi connectivity index (χ2n) is 4.95. The van der Waals surface area contributed by atoms with E-state index in [4.69, 9.17) is 4.74 Å². The normalized spacial score (nSPS) is 10.4. The van der Waals surface area contributed by atoms with E-state index >= 15 is 0 Å². The van der Waals surface area contributed by atoms with E-state index in [1.165, 1.54) is 5.56 Å². The van der Waals surface area contributed by atoms with Crippen LogP contribution in [0.1, 0.15) is 17.8 Å². The highest BCUT2D eigenvalue weighted by atomic mass is 16.5. The van der Waals surface area contributed by atoms with Crippen molar-refractivity contribution in [1.29, 1.82) is 0 Å². The third kappa shape index (κ3) is 5.04. The van der Waals surface area contributed by atoms with Gasteiger partial charge < -0.3 is 15.4 Å². The molecule has 2 rings (SSSR count). The first-order chi connectivity index (χ1) is 10.2. The molecule has 0 saturated carbocycles. The first-order valence-corrected chi connectivity index (χ1v) is 7.09. The van der Waals surface area contributed by atoms with E-state index in [1.54, 1.807) is 7.11 Å². The number of anilines is 3. The lowest BCUT2D eigenvalue weighted by Crippen LogP contribution is -2.08. The number of ether oxygens (including phenoxy) is 1. The lowest BCUT2D eigenvalue weighted by molar-refractivity contribution is 0.198. The summed E-state index contributed by atoms with van der Waals surface area (Å²) >= 11 is 0. The predicted octanol–water partition coefficient (Wildman–Crippen LogP) is 3.29. The highest BCUT2D eigenvalue weighted by Gasteiger charge is 2.02. The van der Waals surface area contributed by atoms with Crippen molar-refractivity contribution in [2.75, 3.05) is 30.9 Å². The molecule has 5 heteroatoms. The minimum absolute atomic E-state index is 0.738. The van der Waals surface area contributed by atoms with Crippen LogP contribution in [0.15, 0.2) is 30.3 Å². The molecule has 0 radical (unpaired) electrons. The van der Waals surface area contributed by atoms with E-state index in [-0.39, 0.29) is 0 Å². The average molecular weight is 286 g/mol. The molecular weight excluding hydrogens is 264 g/mol. The maximum absolute atomic E-state index is 5.03. The number of rotatable bonds is 7. The molecule has 0 saturated heterocycles. The molecule has 0 amide bonds. The molecule has 0 unspecified atom stereocenters. The van der Waals surface area contributed by atoms with E-state index in [1.807, 2.05) is 25.1 Å². The number of hydrogen-bond acceptors (Lipinski definition) is 5. The summed E-state index contributed by atoms with van der Waals surface area (Å²) < 4.78 is 5.03. The number of hydrogen-bond donors (Lipinski definition) is 2. The average Bonchev–Trinajstić information content (AvgIpc) is 2.43. The Morgan fingerprint density at radius 3 is 2.67 bits per heavy atom. The van der Waals surface area contributed by atoms with Gasteiger partial charge >= 0.3 is 0 Å². The maximum atomic E-state index is 5.03. The van der Waals surface area contributed by atoms with Gasteiger partial charge in [-0.1, -0.05) is 12.1 Å². The van der Waals surface area contributed by atoms with Crippen molar-refractivity contribution in [3.8, 4) is 0 Å². The van der Waals surface area contributed by atoms with Crippen molar-refractivity contribution >= 4 is 17.3 Å². The van der Waals surface area contributed by atoms with Crippen LogP contribution in [0.4, 0.5) is 17.3 Å². The summed E-state index contributed by atoms with van der Waals surface area (Å²) in [7, 11) is 1.71. The van der Waals surface area contributed by atoms with Crippen molar-refractivity contribution in [3.63, 3.8) is 0 Å². The molecule has 0 atom stereocenters. The van der Waals surface area contributed by atoms with Crippen LogP contribution in [0.25, 0.3) is 0 Å². The van der Waals surface area contributed by atoms with Gasteiger partial charge in [0.2, 0.25) is 0 Å². The topological polar surface area (TPSA) is 59.1 Å². The highest BCUT2D eigenvalue weighted by Crippen LogP contribution is 2.18. The number of benzene rings is 1. The lowest BCUT2D eigenvalue weighted by atomic mass is 10.2. The Morgan fingerprint density at radius 2 is 1.90 bits per heavy atom. The minimum Gasteiger partial charge on any atom is -0.385 e. The van der Waals surface area contributed by atoms with Crippen LogP contribution in [0.3, 0.4) is 0 Å². The number of nitrogens with one attached hydrogen (secondary N) is 2. The van der Waals surface area contributed by atoms with Crippen LogP contribution in [0.5, 0.6) is 0 Å². The van der Waals surface area contributed by atoms with Crippen LogP contribution in [0, 0.1) is 13.8 Å². The van der Waals surface area contributed by atoms with Crippen LogP contribution >= 0.6 is 0 Å². The summed E-state index contributed by atoms with van der Waals surface area (Å²) in [4.78, 5) is 8.80. The van der Waals surface area contributed by atoms with Gasteiger partial charge in [0.05, 0.1) is 0 Å². The monoisotopic (exact) mass is 286 g/mol. The van der Waals surface area contributed by atoms with Gasteiger partial charge in [0.1, 0.15) is 17.5 Å². The summed E-state index contributed by atoms with van der Waals surface area (Å²) in [5.41, 5.74) is 2.24. The third-order valence-corrected chi connectivity index (χ3v) is 2.96. The maximum Gasteiger partial charge on any atom is 0.136 e. The molecule has 21 heavy (non-hydrogen) atoms. The van der Waals surface area contributed by atoms with Gasteiger partial charge in [-0.05, 0) is 38.0 Å². The molecule has 0 aliphatic rings. The lowest BCUT2D eigenvalue weighted by Gasteiger charge is -2.10. The largest absolute Gasteiger partial charge is 0.385 e. The molecule has 112 valence electrons. The first-order valence-electron chi connectivity index (χ1n) is 7.09. The predicted molar refractivity (Wildman–Crippen MR) is 86.2 cm³/mol. The zero-order valence-electron chi connectivity index (χ0n) is 12.8. The van der Waals surface area contributed by atoms with Gasteiger partial charge in [0, 0.05) is 32.0 Å². The van der Waals surface area contributed by atoms with Gasteiger partial charge in [0.25, 0.3) is 0 Å². The molecule has 0 bridgehead atoms. The van der Waals surface area contributed by atoms with Gasteiger partial charge in [-0.3, -0.25) is 0 Å². The highest BCUT2D eigenvalue weighted by molar-refractivity contribution is 5.59. The standard InChI is InChI=1S/C16H22N4O/c1-12-6-4-7-14(10-12)20-16-11-15(18-13(2)19-16)17-8-5-9-21-3/h4,6-7,10-11H,5,8-9H2,1-3H3,(H2,17,18,19,20). The molecular formula is C16H22N4O. The first kappa shape index (κ1) is 15.3. The van der Waals surface area contributed by atoms with E-state index in [9.17, 15) is 0 Å². The van der Waals surface area contributed by atoms with E-state index in [0.717, 1.165) is 42.7 Å². The van der Waals surface area contributed by atoms with Crippen molar-refractivity contribution in [1.82, 2.24) is 9.97 Å². The molecule has 1 aromatic carbocycles. The molecule has 2 N–H and O–H groups in total. The Bertz CT molecular complexity index is 586. The van der Waals surface area contributed by atoms with Gasteiger partial charge in [-0.15, -0.1) is 0 Å². The van der Waals surface area contributed by atoms with Gasteiger partial charge in [0.15, 0.2) is 0 Å². The second-order valence-corrected chi connectivity index (χ2v) is 4.95. The smallest absolute Gasteiger partial charge is 0.136 e. The summed E-state index contributed by atoms with van der Waals surface area (Å²) in [6.07, 6.45) is 0.945. The van der Waals surface area contributed by atoms with Crippen LogP contribution in [-0.2, 0) is 4.74 Å². The Kier molecular flexibility index (Phi) is 5.51. The van der Waals surface area contributed by atoms with E-state index in [0.29, 0.717) is 0 Å². The summed E-state index contributed by atoms with van der Waals surface area (Å²) in [5.74, 6) is 2.36. The Hall–Kier alpha value is -2.14. The van der Waals surface area contributed by atoms with Crippen LogP contribution in [-0.4, -0.2) is 30.2 Å². The van der Waals surface area contributed by atoms with Crippen LogP contribution < -0.4 is 10.6 Å². The molecule has 5 nitrogen and oxygen atoms in total. The number of methoxy groups -OCH3 is 1. The summed E-state index contributed by atoms with van der Waals surface area (Å²) in [6.45, 7) is 5.53. The molecule has 0 aliphatic carbocycles. The molecule has 1 heterocycles. The van der Waals surface area contributed by atoms with Crippen molar-refractivity contribution in [2.24, 2.45) is 0 Å². The number of aromatic nitrogens is 2. The van der Waals surface area contributed by atoms with E-state index < -0.39 is 0 Å². The van der Waals surface area contributed by atoms with Crippen molar-refractivity contribution in [3.05, 3.63) is 41.7 Å². The SMILES string of the molecule is COCCCNc1cc(Nc2cccc(C)c2)nc(C)n1. The Labute approximate surface area is 125 Å². The summed E-state index contributed by atoms with van der Waals surface area (Å²) in [5, 5.41) is 6.60. The number of nitrogens with zero attached hydrogens (tertiary/aromatic N) is 2. The zero-order chi connectivity index (χ0) is 15.1. The molecule has 0 spiro atoms. The number of aryl methyl sites for hydroxylation is 2.